The molecule has 0 saturated carbocycles. The third-order valence-electron chi connectivity index (χ3n) is 4.12. The summed E-state index contributed by atoms with van der Waals surface area (Å²) in [5, 5.41) is 7.41. The zero-order valence-corrected chi connectivity index (χ0v) is 13.4. The van der Waals surface area contributed by atoms with Gasteiger partial charge in [-0.15, -0.1) is 0 Å². The van der Waals surface area contributed by atoms with Crippen LogP contribution >= 0.6 is 0 Å². The number of nitrogens with one attached hydrogen (secondary N) is 1. The van der Waals surface area contributed by atoms with Gasteiger partial charge in [0.1, 0.15) is 6.04 Å². The Bertz CT molecular complexity index is 604. The first-order valence-electron chi connectivity index (χ1n) is 8.20. The van der Waals surface area contributed by atoms with E-state index in [4.69, 9.17) is 4.52 Å². The molecule has 1 fully saturated rings. The van der Waals surface area contributed by atoms with Crippen LogP contribution in [0.1, 0.15) is 50.9 Å². The fourth-order valence-corrected chi connectivity index (χ4v) is 2.84. The molecule has 0 aliphatic carbocycles. The number of nitrogens with zero attached hydrogens (tertiary/aromatic N) is 3. The molecule has 1 aromatic carbocycles. The minimum Gasteiger partial charge on any atom is -0.374 e. The SMILES string of the molecule is CCc1noc([C@@H](C)Nc2cccc(N3CCCCC3)c2)n1. The molecule has 5 heteroatoms. The topological polar surface area (TPSA) is 54.2 Å². The van der Waals surface area contributed by atoms with Crippen LogP contribution in [0.15, 0.2) is 28.8 Å². The second-order valence-electron chi connectivity index (χ2n) is 5.87. The molecule has 1 aliphatic heterocycles. The van der Waals surface area contributed by atoms with Gasteiger partial charge in [0.05, 0.1) is 0 Å². The number of aryl methyl sites for hydroxylation is 1. The summed E-state index contributed by atoms with van der Waals surface area (Å²) >= 11 is 0. The van der Waals surface area contributed by atoms with Gasteiger partial charge in [0.25, 0.3) is 0 Å². The number of piperidine rings is 1. The van der Waals surface area contributed by atoms with Gasteiger partial charge in [-0.2, -0.15) is 4.98 Å². The smallest absolute Gasteiger partial charge is 0.248 e. The maximum Gasteiger partial charge on any atom is 0.248 e. The van der Waals surface area contributed by atoms with Crippen LogP contribution < -0.4 is 10.2 Å². The van der Waals surface area contributed by atoms with Crippen LogP contribution in [0.5, 0.6) is 0 Å². The largest absolute Gasteiger partial charge is 0.374 e. The van der Waals surface area contributed by atoms with Crippen molar-refractivity contribution in [2.24, 2.45) is 0 Å². The lowest BCUT2D eigenvalue weighted by atomic mass is 10.1. The minimum atomic E-state index is 0.00408. The maximum absolute atomic E-state index is 5.30. The summed E-state index contributed by atoms with van der Waals surface area (Å²) in [6, 6.07) is 8.58. The maximum atomic E-state index is 5.30. The molecular weight excluding hydrogens is 276 g/mol. The zero-order chi connectivity index (χ0) is 15.4. The summed E-state index contributed by atoms with van der Waals surface area (Å²) in [6.45, 7) is 6.38. The number of hydrogen-bond donors (Lipinski definition) is 1. The number of anilines is 2. The first kappa shape index (κ1) is 14.9. The van der Waals surface area contributed by atoms with Gasteiger partial charge < -0.3 is 14.7 Å². The van der Waals surface area contributed by atoms with Gasteiger partial charge in [0, 0.05) is 30.9 Å². The van der Waals surface area contributed by atoms with Crippen molar-refractivity contribution < 1.29 is 4.52 Å². The summed E-state index contributed by atoms with van der Waals surface area (Å²) in [7, 11) is 0. The average molecular weight is 300 g/mol. The van der Waals surface area contributed by atoms with Crippen molar-refractivity contribution in [2.45, 2.75) is 45.6 Å². The quantitative estimate of drug-likeness (QED) is 0.910. The van der Waals surface area contributed by atoms with E-state index in [1.165, 1.54) is 24.9 Å². The van der Waals surface area contributed by atoms with Crippen LogP contribution in [-0.2, 0) is 6.42 Å². The normalized spacial score (nSPS) is 16.5. The van der Waals surface area contributed by atoms with Crippen molar-refractivity contribution in [3.05, 3.63) is 36.0 Å². The summed E-state index contributed by atoms with van der Waals surface area (Å²) < 4.78 is 5.30. The van der Waals surface area contributed by atoms with E-state index in [-0.39, 0.29) is 6.04 Å². The molecular formula is C17H24N4O. The van der Waals surface area contributed by atoms with Crippen molar-refractivity contribution in [1.82, 2.24) is 10.1 Å². The van der Waals surface area contributed by atoms with Gasteiger partial charge in [0.2, 0.25) is 5.89 Å². The van der Waals surface area contributed by atoms with Gasteiger partial charge >= 0.3 is 0 Å². The molecule has 0 spiro atoms. The minimum absolute atomic E-state index is 0.00408. The van der Waals surface area contributed by atoms with Crippen molar-refractivity contribution in [1.29, 1.82) is 0 Å². The number of rotatable bonds is 5. The van der Waals surface area contributed by atoms with Crippen LogP contribution in [0.25, 0.3) is 0 Å². The second kappa shape index (κ2) is 6.81. The Morgan fingerprint density at radius 2 is 2.09 bits per heavy atom. The lowest BCUT2D eigenvalue weighted by Crippen LogP contribution is -2.29. The molecule has 1 saturated heterocycles. The fourth-order valence-electron chi connectivity index (χ4n) is 2.84. The lowest BCUT2D eigenvalue weighted by Gasteiger charge is -2.29. The highest BCUT2D eigenvalue weighted by Crippen LogP contribution is 2.25. The second-order valence-corrected chi connectivity index (χ2v) is 5.87. The summed E-state index contributed by atoms with van der Waals surface area (Å²) in [4.78, 5) is 6.85. The Hall–Kier alpha value is -2.04. The van der Waals surface area contributed by atoms with Gasteiger partial charge in [-0.3, -0.25) is 0 Å². The van der Waals surface area contributed by atoms with Gasteiger partial charge in [-0.1, -0.05) is 18.1 Å². The van der Waals surface area contributed by atoms with E-state index in [2.05, 4.69) is 44.6 Å². The van der Waals surface area contributed by atoms with Gasteiger partial charge in [-0.05, 0) is 44.4 Å². The lowest BCUT2D eigenvalue weighted by molar-refractivity contribution is 0.363. The molecule has 3 rings (SSSR count). The van der Waals surface area contributed by atoms with Gasteiger partial charge in [0.15, 0.2) is 5.82 Å². The first-order valence-corrected chi connectivity index (χ1v) is 8.20. The van der Waals surface area contributed by atoms with Crippen LogP contribution in [-0.4, -0.2) is 23.2 Å². The van der Waals surface area contributed by atoms with E-state index in [0.29, 0.717) is 5.89 Å². The molecule has 2 aromatic rings. The van der Waals surface area contributed by atoms with E-state index >= 15 is 0 Å². The highest BCUT2D eigenvalue weighted by atomic mass is 16.5. The molecule has 22 heavy (non-hydrogen) atoms. The molecule has 0 radical (unpaired) electrons. The number of aromatic nitrogens is 2. The van der Waals surface area contributed by atoms with Crippen molar-refractivity contribution in [3.8, 4) is 0 Å². The van der Waals surface area contributed by atoms with E-state index < -0.39 is 0 Å². The van der Waals surface area contributed by atoms with Crippen molar-refractivity contribution in [2.75, 3.05) is 23.3 Å². The average Bonchev–Trinajstić information content (AvgIpc) is 3.05. The molecule has 0 bridgehead atoms. The Morgan fingerprint density at radius 1 is 1.27 bits per heavy atom. The van der Waals surface area contributed by atoms with Crippen LogP contribution in [0.2, 0.25) is 0 Å². The van der Waals surface area contributed by atoms with E-state index in [1.54, 1.807) is 0 Å². The predicted octanol–water partition coefficient (Wildman–Crippen LogP) is 3.80. The monoisotopic (exact) mass is 300 g/mol. The number of hydrogen-bond acceptors (Lipinski definition) is 5. The third-order valence-corrected chi connectivity index (χ3v) is 4.12. The van der Waals surface area contributed by atoms with E-state index in [9.17, 15) is 0 Å². The molecule has 5 nitrogen and oxygen atoms in total. The van der Waals surface area contributed by atoms with Gasteiger partial charge in [-0.25, -0.2) is 0 Å². The first-order chi connectivity index (χ1) is 10.8. The highest BCUT2D eigenvalue weighted by molar-refractivity contribution is 5.58. The summed E-state index contributed by atoms with van der Waals surface area (Å²) in [5.74, 6) is 1.39. The van der Waals surface area contributed by atoms with E-state index in [0.717, 1.165) is 31.0 Å². The van der Waals surface area contributed by atoms with Crippen molar-refractivity contribution >= 4 is 11.4 Å². The standard InChI is InChI=1S/C17H24N4O/c1-3-16-19-17(22-20-16)13(2)18-14-8-7-9-15(12-14)21-10-5-4-6-11-21/h7-9,12-13,18H,3-6,10-11H2,1-2H3/t13-/m1/s1. The Morgan fingerprint density at radius 3 is 2.82 bits per heavy atom. The Labute approximate surface area is 131 Å². The molecule has 1 atom stereocenters. The van der Waals surface area contributed by atoms with Crippen LogP contribution in [0.3, 0.4) is 0 Å². The molecule has 0 amide bonds. The fraction of sp³-hybridized carbons (Fsp3) is 0.529. The Kier molecular flexibility index (Phi) is 4.61. The Balaban J connectivity index is 1.69. The van der Waals surface area contributed by atoms with Crippen molar-refractivity contribution in [3.63, 3.8) is 0 Å². The van der Waals surface area contributed by atoms with Crippen LogP contribution in [0.4, 0.5) is 11.4 Å². The molecule has 0 unspecified atom stereocenters. The molecule has 2 heterocycles. The molecule has 1 aliphatic rings. The molecule has 118 valence electrons. The van der Waals surface area contributed by atoms with Crippen LogP contribution in [0, 0.1) is 0 Å². The molecule has 1 aromatic heterocycles. The highest BCUT2D eigenvalue weighted by Gasteiger charge is 2.15. The molecule has 1 N–H and O–H groups in total. The predicted molar refractivity (Wildman–Crippen MR) is 88.2 cm³/mol. The number of benzene rings is 1. The zero-order valence-electron chi connectivity index (χ0n) is 13.4. The summed E-state index contributed by atoms with van der Waals surface area (Å²) in [5.41, 5.74) is 2.38. The summed E-state index contributed by atoms with van der Waals surface area (Å²) in [6.07, 6.45) is 4.72. The van der Waals surface area contributed by atoms with E-state index in [1.807, 2.05) is 13.8 Å². The third kappa shape index (κ3) is 3.40.